The van der Waals surface area contributed by atoms with Crippen LogP contribution in [0.1, 0.15) is 12.0 Å². The molecule has 0 unspecified atom stereocenters. The van der Waals surface area contributed by atoms with Crippen molar-refractivity contribution in [3.05, 3.63) is 36.3 Å². The molecule has 0 aromatic carbocycles. The number of amides is 1. The number of pyridine rings is 1. The molecule has 13 heteroatoms. The summed E-state index contributed by atoms with van der Waals surface area (Å²) in [5, 5.41) is 3.87. The van der Waals surface area contributed by atoms with E-state index in [1.807, 2.05) is 0 Å². The number of carbonyl (C=O) groups is 1. The predicted molar refractivity (Wildman–Crippen MR) is 102 cm³/mol. The predicted octanol–water partition coefficient (Wildman–Crippen LogP) is 2.75. The van der Waals surface area contributed by atoms with Crippen LogP contribution in [-0.4, -0.2) is 56.7 Å². The molecule has 5 rings (SSSR count). The van der Waals surface area contributed by atoms with Crippen molar-refractivity contribution < 1.29 is 26.7 Å². The molecule has 1 spiro atoms. The van der Waals surface area contributed by atoms with Gasteiger partial charge in [-0.2, -0.15) is 18.3 Å². The third-order valence-electron chi connectivity index (χ3n) is 5.82. The second-order valence-corrected chi connectivity index (χ2v) is 7.90. The number of nitrogens with zero attached hydrogens (tertiary/aromatic N) is 7. The fourth-order valence-corrected chi connectivity index (χ4v) is 4.15. The minimum Gasteiger partial charge on any atom is -0.354 e. The fraction of sp³-hybridized carbons (Fsp3) is 0.421. The van der Waals surface area contributed by atoms with Crippen LogP contribution in [0.25, 0.3) is 11.2 Å². The lowest BCUT2D eigenvalue weighted by Gasteiger charge is -2.47. The number of halogens is 5. The highest BCUT2D eigenvalue weighted by Gasteiger charge is 2.55. The van der Waals surface area contributed by atoms with E-state index in [1.165, 1.54) is 23.4 Å². The Labute approximate surface area is 177 Å². The summed E-state index contributed by atoms with van der Waals surface area (Å²) in [4.78, 5) is 28.7. The molecule has 168 valence electrons. The van der Waals surface area contributed by atoms with Gasteiger partial charge < -0.3 is 4.90 Å². The molecule has 0 bridgehead atoms. The Morgan fingerprint density at radius 1 is 1.06 bits per heavy atom. The van der Waals surface area contributed by atoms with Gasteiger partial charge in [-0.15, -0.1) is 0 Å². The molecule has 0 saturated carbocycles. The largest absolute Gasteiger partial charge is 0.417 e. The zero-order valence-electron chi connectivity index (χ0n) is 16.4. The zero-order chi connectivity index (χ0) is 22.7. The Balaban J connectivity index is 1.32. The Hall–Kier alpha value is -3.38. The molecule has 0 aliphatic carbocycles. The maximum atomic E-state index is 13.1. The molecule has 2 saturated heterocycles. The van der Waals surface area contributed by atoms with Crippen molar-refractivity contribution in [2.45, 2.75) is 25.6 Å². The van der Waals surface area contributed by atoms with E-state index in [0.717, 1.165) is 16.9 Å². The van der Waals surface area contributed by atoms with Crippen LogP contribution in [0.5, 0.6) is 0 Å². The summed E-state index contributed by atoms with van der Waals surface area (Å²) in [6.45, 7) is 0.379. The molecule has 3 aromatic heterocycles. The van der Waals surface area contributed by atoms with Crippen molar-refractivity contribution in [3.63, 3.8) is 0 Å². The fourth-order valence-electron chi connectivity index (χ4n) is 4.15. The molecule has 32 heavy (non-hydrogen) atoms. The average Bonchev–Trinajstić information content (AvgIpc) is 3.26. The van der Waals surface area contributed by atoms with Gasteiger partial charge in [-0.05, 0) is 18.6 Å². The van der Waals surface area contributed by atoms with E-state index in [2.05, 4.69) is 20.1 Å². The van der Waals surface area contributed by atoms with Gasteiger partial charge in [0.1, 0.15) is 17.9 Å². The first kappa shape index (κ1) is 20.5. The van der Waals surface area contributed by atoms with Crippen LogP contribution >= 0.6 is 0 Å². The molecule has 8 nitrogen and oxygen atoms in total. The highest BCUT2D eigenvalue weighted by atomic mass is 19.4. The topological polar surface area (TPSA) is 80.0 Å². The molecule has 3 aromatic rings. The summed E-state index contributed by atoms with van der Waals surface area (Å²) in [7, 11) is 0. The van der Waals surface area contributed by atoms with Gasteiger partial charge in [0, 0.05) is 25.8 Å². The van der Waals surface area contributed by atoms with E-state index in [9.17, 15) is 26.7 Å². The summed E-state index contributed by atoms with van der Waals surface area (Å²) >= 11 is 0. The van der Waals surface area contributed by atoms with Crippen LogP contribution < -0.4 is 9.80 Å². The third kappa shape index (κ3) is 3.31. The minimum absolute atomic E-state index is 0.167. The van der Waals surface area contributed by atoms with E-state index in [-0.39, 0.29) is 17.4 Å². The minimum atomic E-state index is -4.46. The first-order valence-electron chi connectivity index (χ1n) is 9.73. The Bertz CT molecular complexity index is 1170. The molecular formula is C19H16F5N7O. The van der Waals surface area contributed by atoms with Crippen LogP contribution in [0.4, 0.5) is 33.6 Å². The van der Waals surface area contributed by atoms with Crippen molar-refractivity contribution in [1.29, 1.82) is 0 Å². The van der Waals surface area contributed by atoms with Crippen LogP contribution in [0, 0.1) is 5.41 Å². The van der Waals surface area contributed by atoms with Gasteiger partial charge in [0.05, 0.1) is 23.4 Å². The lowest BCUT2D eigenvalue weighted by molar-refractivity contribution is -0.137. The maximum absolute atomic E-state index is 13.1. The smallest absolute Gasteiger partial charge is 0.354 e. The SMILES string of the molecule is O=C1N(c2cnc3cnn(CC(F)F)c3n2)CCC12CN(c1ccc(C(F)(F)F)cn1)C2. The zero-order valence-corrected chi connectivity index (χ0v) is 16.4. The van der Waals surface area contributed by atoms with Crippen LogP contribution in [0.2, 0.25) is 0 Å². The number of alkyl halides is 5. The molecule has 0 N–H and O–H groups in total. The van der Waals surface area contributed by atoms with Crippen LogP contribution in [-0.2, 0) is 17.5 Å². The van der Waals surface area contributed by atoms with Gasteiger partial charge in [0.2, 0.25) is 5.91 Å². The highest BCUT2D eigenvalue weighted by Crippen LogP contribution is 2.43. The van der Waals surface area contributed by atoms with E-state index in [1.54, 1.807) is 4.90 Å². The molecular weight excluding hydrogens is 437 g/mol. The number of fused-ring (bicyclic) bond motifs is 1. The molecule has 2 fully saturated rings. The number of hydrogen-bond donors (Lipinski definition) is 0. The van der Waals surface area contributed by atoms with E-state index < -0.39 is 30.1 Å². The van der Waals surface area contributed by atoms with Crippen molar-refractivity contribution in [1.82, 2.24) is 24.7 Å². The number of rotatable bonds is 4. The van der Waals surface area contributed by atoms with Gasteiger partial charge in [0.15, 0.2) is 11.5 Å². The standard InChI is InChI=1S/C19H16F5N7O/c20-13(21)8-31-16-12(6-27-31)25-7-15(28-16)30-4-3-18(17(30)32)9-29(10-18)14-2-1-11(5-26-14)19(22,23)24/h1-2,5-7,13H,3-4,8-10H2. The van der Waals surface area contributed by atoms with Crippen molar-refractivity contribution in [3.8, 4) is 0 Å². The van der Waals surface area contributed by atoms with Gasteiger partial charge >= 0.3 is 6.18 Å². The third-order valence-corrected chi connectivity index (χ3v) is 5.82. The average molecular weight is 453 g/mol. The Morgan fingerprint density at radius 2 is 1.84 bits per heavy atom. The second kappa shape index (κ2) is 7.07. The molecule has 0 atom stereocenters. The molecule has 1 amide bonds. The number of anilines is 2. The Morgan fingerprint density at radius 3 is 2.50 bits per heavy atom. The highest BCUT2D eigenvalue weighted by molar-refractivity contribution is 6.01. The molecule has 2 aliphatic rings. The van der Waals surface area contributed by atoms with E-state index >= 15 is 0 Å². The normalized spacial score (nSPS) is 18.2. The number of aromatic nitrogens is 5. The first-order chi connectivity index (χ1) is 15.2. The van der Waals surface area contributed by atoms with Crippen molar-refractivity contribution >= 4 is 28.7 Å². The van der Waals surface area contributed by atoms with Gasteiger partial charge in [-0.25, -0.2) is 28.4 Å². The van der Waals surface area contributed by atoms with Crippen LogP contribution in [0.3, 0.4) is 0 Å². The molecule has 0 radical (unpaired) electrons. The molecule has 5 heterocycles. The Kier molecular flexibility index (Phi) is 4.53. The summed E-state index contributed by atoms with van der Waals surface area (Å²) in [5.41, 5.74) is -1.01. The summed E-state index contributed by atoms with van der Waals surface area (Å²) in [6, 6.07) is 2.25. The van der Waals surface area contributed by atoms with Crippen molar-refractivity contribution in [2.75, 3.05) is 29.4 Å². The van der Waals surface area contributed by atoms with Gasteiger partial charge in [0.25, 0.3) is 6.43 Å². The summed E-state index contributed by atoms with van der Waals surface area (Å²) in [6.07, 6.45) is -3.03. The summed E-state index contributed by atoms with van der Waals surface area (Å²) < 4.78 is 64.7. The monoisotopic (exact) mass is 453 g/mol. The first-order valence-corrected chi connectivity index (χ1v) is 9.73. The number of carbonyl (C=O) groups excluding carboxylic acids is 1. The lowest BCUT2D eigenvalue weighted by Crippen LogP contribution is -2.60. The van der Waals surface area contributed by atoms with Gasteiger partial charge in [-0.1, -0.05) is 0 Å². The van der Waals surface area contributed by atoms with E-state index in [4.69, 9.17) is 0 Å². The maximum Gasteiger partial charge on any atom is 0.417 e. The second-order valence-electron chi connectivity index (χ2n) is 7.90. The van der Waals surface area contributed by atoms with Crippen molar-refractivity contribution in [2.24, 2.45) is 5.41 Å². The lowest BCUT2D eigenvalue weighted by atomic mass is 9.78. The number of hydrogen-bond acceptors (Lipinski definition) is 6. The summed E-state index contributed by atoms with van der Waals surface area (Å²) in [5.74, 6) is 0.433. The van der Waals surface area contributed by atoms with Gasteiger partial charge in [-0.3, -0.25) is 9.69 Å². The molecule has 2 aliphatic heterocycles. The quantitative estimate of drug-likeness (QED) is 0.566. The van der Waals surface area contributed by atoms with E-state index in [0.29, 0.717) is 37.4 Å². The van der Waals surface area contributed by atoms with Crippen LogP contribution in [0.15, 0.2) is 30.7 Å².